The van der Waals surface area contributed by atoms with Crippen LogP contribution in [-0.4, -0.2) is 16.7 Å². The van der Waals surface area contributed by atoms with E-state index in [0.29, 0.717) is 12.0 Å². The lowest BCUT2D eigenvalue weighted by molar-refractivity contribution is -0.385. The molecule has 0 aromatic heterocycles. The molecule has 1 aliphatic heterocycles. The second kappa shape index (κ2) is 6.37. The number of anilines is 2. The summed E-state index contributed by atoms with van der Waals surface area (Å²) in [6, 6.07) is 14.0. The van der Waals surface area contributed by atoms with Crippen LogP contribution in [-0.2, 0) is 4.79 Å². The number of hydrogen-bond donors (Lipinski definition) is 2. The monoisotopic (exact) mass is 365 g/mol. The van der Waals surface area contributed by atoms with E-state index in [4.69, 9.17) is 0 Å². The average Bonchev–Trinajstić information content (AvgIpc) is 2.76. The van der Waals surface area contributed by atoms with Crippen LogP contribution in [0.25, 0.3) is 0 Å². The van der Waals surface area contributed by atoms with Gasteiger partial charge in [-0.05, 0) is 24.0 Å². The van der Waals surface area contributed by atoms with Crippen molar-refractivity contribution in [2.45, 2.75) is 38.8 Å². The molecule has 0 spiro atoms. The smallest absolute Gasteiger partial charge is 0.274 e. The molecule has 27 heavy (non-hydrogen) atoms. The first kappa shape index (κ1) is 17.5. The first-order chi connectivity index (χ1) is 12.9. The number of nitrogens with one attached hydrogen (secondary N) is 2. The van der Waals surface area contributed by atoms with Crippen LogP contribution >= 0.6 is 0 Å². The maximum Gasteiger partial charge on any atom is 0.274 e. The third kappa shape index (κ3) is 3.16. The van der Waals surface area contributed by atoms with Gasteiger partial charge in [-0.2, -0.15) is 0 Å². The molecular weight excluding hydrogens is 342 g/mol. The SMILES string of the molecule is CC1(C)CC(=O)[C@H]2[C@H](C1)Nc1ccccc1N[C@H]2c1ccccc1[N+](=O)[O-]. The number of nitro benzene ring substituents is 1. The van der Waals surface area contributed by atoms with Crippen molar-refractivity contribution in [2.24, 2.45) is 11.3 Å². The summed E-state index contributed by atoms with van der Waals surface area (Å²) in [6.45, 7) is 4.21. The average molecular weight is 365 g/mol. The molecule has 6 heteroatoms. The highest BCUT2D eigenvalue weighted by Crippen LogP contribution is 2.47. The van der Waals surface area contributed by atoms with Crippen molar-refractivity contribution in [1.29, 1.82) is 0 Å². The van der Waals surface area contributed by atoms with E-state index in [1.54, 1.807) is 18.2 Å². The maximum absolute atomic E-state index is 13.2. The Hall–Kier alpha value is -2.89. The van der Waals surface area contributed by atoms with Gasteiger partial charge in [-0.15, -0.1) is 0 Å². The van der Waals surface area contributed by atoms with Crippen molar-refractivity contribution in [3.05, 3.63) is 64.2 Å². The second-order valence-corrected chi connectivity index (χ2v) is 8.27. The molecule has 2 N–H and O–H groups in total. The summed E-state index contributed by atoms with van der Waals surface area (Å²) < 4.78 is 0. The molecule has 2 aromatic rings. The Bertz CT molecular complexity index is 909. The summed E-state index contributed by atoms with van der Waals surface area (Å²) >= 11 is 0. The Labute approximate surface area is 158 Å². The molecular formula is C21H23N3O3. The van der Waals surface area contributed by atoms with Gasteiger partial charge in [0.15, 0.2) is 0 Å². The Morgan fingerprint density at radius 1 is 1.04 bits per heavy atom. The van der Waals surface area contributed by atoms with E-state index < -0.39 is 6.04 Å². The fourth-order valence-corrected chi connectivity index (χ4v) is 4.55. The van der Waals surface area contributed by atoms with Gasteiger partial charge in [0.05, 0.1) is 33.8 Å². The highest BCUT2D eigenvalue weighted by atomic mass is 16.6. The van der Waals surface area contributed by atoms with E-state index in [0.717, 1.165) is 17.8 Å². The van der Waals surface area contributed by atoms with E-state index in [1.165, 1.54) is 6.07 Å². The molecule has 4 rings (SSSR count). The Morgan fingerprint density at radius 2 is 1.67 bits per heavy atom. The second-order valence-electron chi connectivity index (χ2n) is 8.27. The number of benzene rings is 2. The van der Waals surface area contributed by atoms with Crippen LogP contribution in [0.4, 0.5) is 17.1 Å². The third-order valence-electron chi connectivity index (χ3n) is 5.64. The van der Waals surface area contributed by atoms with Gasteiger partial charge in [0.25, 0.3) is 5.69 Å². The van der Waals surface area contributed by atoms with Crippen LogP contribution in [0, 0.1) is 21.4 Å². The number of nitro groups is 1. The first-order valence-corrected chi connectivity index (χ1v) is 9.24. The van der Waals surface area contributed by atoms with Crippen LogP contribution < -0.4 is 10.6 Å². The van der Waals surface area contributed by atoms with Gasteiger partial charge < -0.3 is 10.6 Å². The molecule has 2 aliphatic rings. The predicted molar refractivity (Wildman–Crippen MR) is 105 cm³/mol. The van der Waals surface area contributed by atoms with Crippen LogP contribution in [0.2, 0.25) is 0 Å². The molecule has 0 radical (unpaired) electrons. The van der Waals surface area contributed by atoms with Crippen LogP contribution in [0.1, 0.15) is 38.3 Å². The minimum Gasteiger partial charge on any atom is -0.380 e. The topological polar surface area (TPSA) is 84.3 Å². The third-order valence-corrected chi connectivity index (χ3v) is 5.64. The van der Waals surface area contributed by atoms with E-state index in [9.17, 15) is 14.9 Å². The van der Waals surface area contributed by atoms with E-state index in [2.05, 4.69) is 24.5 Å². The fourth-order valence-electron chi connectivity index (χ4n) is 4.55. The highest BCUT2D eigenvalue weighted by molar-refractivity contribution is 5.87. The fraction of sp³-hybridized carbons (Fsp3) is 0.381. The number of rotatable bonds is 2. The lowest BCUT2D eigenvalue weighted by Gasteiger charge is -2.41. The number of carbonyl (C=O) groups excluding carboxylic acids is 1. The van der Waals surface area contributed by atoms with Gasteiger partial charge in [0.1, 0.15) is 5.78 Å². The molecule has 0 saturated heterocycles. The lowest BCUT2D eigenvalue weighted by Crippen LogP contribution is -2.47. The minimum absolute atomic E-state index is 0.0470. The van der Waals surface area contributed by atoms with E-state index >= 15 is 0 Å². The van der Waals surface area contributed by atoms with Crippen molar-refractivity contribution in [3.63, 3.8) is 0 Å². The van der Waals surface area contributed by atoms with Crippen molar-refractivity contribution in [2.75, 3.05) is 10.6 Å². The molecule has 3 atom stereocenters. The van der Waals surface area contributed by atoms with Crippen molar-refractivity contribution < 1.29 is 9.72 Å². The first-order valence-electron chi connectivity index (χ1n) is 9.24. The molecule has 140 valence electrons. The molecule has 1 fully saturated rings. The van der Waals surface area contributed by atoms with Crippen molar-refractivity contribution in [3.8, 4) is 0 Å². The van der Waals surface area contributed by atoms with Gasteiger partial charge in [0, 0.05) is 18.5 Å². The van der Waals surface area contributed by atoms with Crippen LogP contribution in [0.5, 0.6) is 0 Å². The Morgan fingerprint density at radius 3 is 2.37 bits per heavy atom. The minimum atomic E-state index is -0.448. The molecule has 2 aromatic carbocycles. The summed E-state index contributed by atoms with van der Waals surface area (Å²) in [5, 5.41) is 18.6. The Kier molecular flexibility index (Phi) is 4.13. The zero-order valence-electron chi connectivity index (χ0n) is 15.4. The van der Waals surface area contributed by atoms with E-state index in [-0.39, 0.29) is 33.8 Å². The van der Waals surface area contributed by atoms with Gasteiger partial charge in [-0.1, -0.05) is 44.2 Å². The number of ketones is 1. The molecule has 0 amide bonds. The summed E-state index contributed by atoms with van der Waals surface area (Å²) in [6.07, 6.45) is 1.31. The highest BCUT2D eigenvalue weighted by Gasteiger charge is 2.47. The number of para-hydroxylation sites is 3. The number of carbonyl (C=O) groups is 1. The molecule has 1 saturated carbocycles. The molecule has 1 aliphatic carbocycles. The molecule has 0 unspecified atom stereocenters. The van der Waals surface area contributed by atoms with Crippen LogP contribution in [0.15, 0.2) is 48.5 Å². The zero-order chi connectivity index (χ0) is 19.2. The summed E-state index contributed by atoms with van der Waals surface area (Å²) in [4.78, 5) is 24.4. The predicted octanol–water partition coefficient (Wildman–Crippen LogP) is 4.55. The van der Waals surface area contributed by atoms with E-state index in [1.807, 2.05) is 24.3 Å². The van der Waals surface area contributed by atoms with Gasteiger partial charge >= 0.3 is 0 Å². The van der Waals surface area contributed by atoms with Crippen molar-refractivity contribution >= 4 is 22.8 Å². The maximum atomic E-state index is 13.2. The van der Waals surface area contributed by atoms with Gasteiger partial charge in [-0.25, -0.2) is 0 Å². The molecule has 1 heterocycles. The number of fused-ring (bicyclic) bond motifs is 2. The summed E-state index contributed by atoms with van der Waals surface area (Å²) in [5.41, 5.74) is 2.30. The Balaban J connectivity index is 1.87. The van der Waals surface area contributed by atoms with Crippen LogP contribution in [0.3, 0.4) is 0 Å². The number of hydrogen-bond acceptors (Lipinski definition) is 5. The quantitative estimate of drug-likeness (QED) is 0.602. The normalized spacial score (nSPS) is 26.0. The summed E-state index contributed by atoms with van der Waals surface area (Å²) in [5.74, 6) is -0.223. The molecule has 0 bridgehead atoms. The van der Waals surface area contributed by atoms with Crippen molar-refractivity contribution in [1.82, 2.24) is 0 Å². The van der Waals surface area contributed by atoms with Gasteiger partial charge in [0.2, 0.25) is 0 Å². The molecule has 6 nitrogen and oxygen atoms in total. The number of nitrogens with zero attached hydrogens (tertiary/aromatic N) is 1. The lowest BCUT2D eigenvalue weighted by atomic mass is 9.66. The zero-order valence-corrected chi connectivity index (χ0v) is 15.4. The largest absolute Gasteiger partial charge is 0.380 e. The number of Topliss-reactive ketones (excluding diaryl/α,β-unsaturated/α-hetero) is 1. The van der Waals surface area contributed by atoms with Gasteiger partial charge in [-0.3, -0.25) is 14.9 Å². The summed E-state index contributed by atoms with van der Waals surface area (Å²) in [7, 11) is 0. The standard InChI is InChI=1S/C21H23N3O3/c1-21(2)11-16-19(18(25)12-21)20(13-7-3-6-10-17(13)24(26)27)23-15-9-5-4-8-14(15)22-16/h3-10,16,19-20,22-23H,11-12H2,1-2H3/t16-,19+,20-/m0/s1.